The SMILES string of the molecule is CCOCC(CCl)(CCl)c1ccccc1Cl. The fourth-order valence-corrected chi connectivity index (χ4v) is 2.59. The molecule has 0 spiro atoms. The summed E-state index contributed by atoms with van der Waals surface area (Å²) < 4.78 is 5.46. The number of ether oxygens (including phenoxy) is 1. The van der Waals surface area contributed by atoms with Crippen LogP contribution in [0.2, 0.25) is 5.02 Å². The molecule has 1 aromatic carbocycles. The lowest BCUT2D eigenvalue weighted by molar-refractivity contribution is 0.108. The van der Waals surface area contributed by atoms with Gasteiger partial charge >= 0.3 is 0 Å². The van der Waals surface area contributed by atoms with Crippen molar-refractivity contribution in [3.05, 3.63) is 34.9 Å². The van der Waals surface area contributed by atoms with E-state index in [-0.39, 0.29) is 0 Å². The Balaban J connectivity index is 3.05. The Hall–Kier alpha value is 0.0500. The van der Waals surface area contributed by atoms with E-state index in [4.69, 9.17) is 39.5 Å². The Morgan fingerprint density at radius 1 is 1.19 bits per heavy atom. The minimum absolute atomic E-state index is 0.389. The second-order valence-corrected chi connectivity index (χ2v) is 4.61. The van der Waals surface area contributed by atoms with Gasteiger partial charge in [-0.2, -0.15) is 0 Å². The summed E-state index contributed by atoms with van der Waals surface area (Å²) in [5, 5.41) is 0.684. The third-order valence-corrected chi connectivity index (χ3v) is 3.89. The molecule has 0 N–H and O–H groups in total. The fraction of sp³-hybridized carbons (Fsp3) is 0.500. The van der Waals surface area contributed by atoms with Crippen molar-refractivity contribution < 1.29 is 4.74 Å². The first-order valence-electron chi connectivity index (χ1n) is 5.15. The zero-order chi connectivity index (χ0) is 12.0. The molecule has 1 aromatic rings. The van der Waals surface area contributed by atoms with Gasteiger partial charge in [0.2, 0.25) is 0 Å². The molecule has 1 rings (SSSR count). The molecule has 0 saturated carbocycles. The number of hydrogen-bond donors (Lipinski definition) is 0. The van der Waals surface area contributed by atoms with Crippen LogP contribution in [0.1, 0.15) is 12.5 Å². The van der Waals surface area contributed by atoms with E-state index < -0.39 is 5.41 Å². The topological polar surface area (TPSA) is 9.23 Å². The molecule has 0 aromatic heterocycles. The van der Waals surface area contributed by atoms with Gasteiger partial charge in [-0.3, -0.25) is 0 Å². The van der Waals surface area contributed by atoms with Crippen LogP contribution < -0.4 is 0 Å². The average molecular weight is 282 g/mol. The van der Waals surface area contributed by atoms with Crippen molar-refractivity contribution in [3.63, 3.8) is 0 Å². The number of benzene rings is 1. The van der Waals surface area contributed by atoms with Gasteiger partial charge in [-0.15, -0.1) is 23.2 Å². The highest BCUT2D eigenvalue weighted by Crippen LogP contribution is 2.33. The van der Waals surface area contributed by atoms with Crippen molar-refractivity contribution in [2.45, 2.75) is 12.3 Å². The predicted octanol–water partition coefficient (Wildman–Crippen LogP) is 4.09. The molecule has 16 heavy (non-hydrogen) atoms. The zero-order valence-electron chi connectivity index (χ0n) is 9.18. The largest absolute Gasteiger partial charge is 0.381 e. The first kappa shape index (κ1) is 14.1. The molecule has 0 aliphatic heterocycles. The standard InChI is InChI=1S/C12H15Cl3O/c1-2-16-9-12(7-13,8-14)10-5-3-4-6-11(10)15/h3-6H,2,7-9H2,1H3. The van der Waals surface area contributed by atoms with Crippen LogP contribution in [0, 0.1) is 0 Å². The number of halogens is 3. The highest BCUT2D eigenvalue weighted by molar-refractivity contribution is 6.32. The zero-order valence-corrected chi connectivity index (χ0v) is 11.4. The molecule has 0 bridgehead atoms. The lowest BCUT2D eigenvalue weighted by atomic mass is 9.85. The summed E-state index contributed by atoms with van der Waals surface area (Å²) in [5.41, 5.74) is 0.549. The van der Waals surface area contributed by atoms with Gasteiger partial charge in [-0.25, -0.2) is 0 Å². The van der Waals surface area contributed by atoms with Gasteiger partial charge in [0.15, 0.2) is 0 Å². The maximum atomic E-state index is 6.17. The molecule has 1 nitrogen and oxygen atoms in total. The number of hydrogen-bond acceptors (Lipinski definition) is 1. The summed E-state index contributed by atoms with van der Waals surface area (Å²) >= 11 is 18.3. The molecule has 0 radical (unpaired) electrons. The van der Waals surface area contributed by atoms with Gasteiger partial charge in [0, 0.05) is 28.8 Å². The van der Waals surface area contributed by atoms with Crippen molar-refractivity contribution in [1.82, 2.24) is 0 Å². The summed E-state index contributed by atoms with van der Waals surface area (Å²) in [7, 11) is 0. The normalized spacial score (nSPS) is 11.8. The molecule has 0 heterocycles. The Labute approximate surface area is 112 Å². The molecular weight excluding hydrogens is 266 g/mol. The van der Waals surface area contributed by atoms with E-state index in [0.29, 0.717) is 30.0 Å². The van der Waals surface area contributed by atoms with Crippen LogP contribution in [0.15, 0.2) is 24.3 Å². The Kier molecular flexibility index (Phi) is 5.91. The quantitative estimate of drug-likeness (QED) is 0.714. The van der Waals surface area contributed by atoms with Crippen molar-refractivity contribution in [2.75, 3.05) is 25.0 Å². The van der Waals surface area contributed by atoms with Gasteiger partial charge in [0.25, 0.3) is 0 Å². The van der Waals surface area contributed by atoms with Crippen molar-refractivity contribution in [3.8, 4) is 0 Å². The van der Waals surface area contributed by atoms with Gasteiger partial charge in [-0.1, -0.05) is 29.8 Å². The van der Waals surface area contributed by atoms with Crippen LogP contribution >= 0.6 is 34.8 Å². The third kappa shape index (κ3) is 3.04. The van der Waals surface area contributed by atoms with Crippen LogP contribution in [-0.4, -0.2) is 25.0 Å². The van der Waals surface area contributed by atoms with Crippen LogP contribution in [0.5, 0.6) is 0 Å². The van der Waals surface area contributed by atoms with E-state index in [0.717, 1.165) is 5.56 Å². The maximum absolute atomic E-state index is 6.17. The van der Waals surface area contributed by atoms with E-state index in [1.54, 1.807) is 0 Å². The van der Waals surface area contributed by atoms with Crippen LogP contribution in [0.25, 0.3) is 0 Å². The fourth-order valence-electron chi connectivity index (χ4n) is 1.52. The summed E-state index contributed by atoms with van der Waals surface area (Å²) in [4.78, 5) is 0. The summed E-state index contributed by atoms with van der Waals surface area (Å²) in [6, 6.07) is 7.61. The average Bonchev–Trinajstić information content (AvgIpc) is 2.33. The van der Waals surface area contributed by atoms with Gasteiger partial charge < -0.3 is 4.74 Å². The van der Waals surface area contributed by atoms with Crippen molar-refractivity contribution in [2.24, 2.45) is 0 Å². The molecular formula is C12H15Cl3O. The van der Waals surface area contributed by atoms with Crippen LogP contribution in [-0.2, 0) is 10.2 Å². The van der Waals surface area contributed by atoms with Crippen molar-refractivity contribution in [1.29, 1.82) is 0 Å². The molecule has 0 aliphatic rings. The molecule has 0 aliphatic carbocycles. The predicted molar refractivity (Wildman–Crippen MR) is 71.1 cm³/mol. The first-order valence-corrected chi connectivity index (χ1v) is 6.59. The third-order valence-electron chi connectivity index (χ3n) is 2.54. The highest BCUT2D eigenvalue weighted by Gasteiger charge is 2.32. The Morgan fingerprint density at radius 2 is 1.81 bits per heavy atom. The molecule has 0 saturated heterocycles. The summed E-state index contributed by atoms with van der Waals surface area (Å²) in [6.45, 7) is 3.07. The second-order valence-electron chi connectivity index (χ2n) is 3.66. The molecule has 0 atom stereocenters. The van der Waals surface area contributed by atoms with Crippen LogP contribution in [0.3, 0.4) is 0 Å². The minimum atomic E-state index is -0.405. The van der Waals surface area contributed by atoms with E-state index in [1.165, 1.54) is 0 Å². The Bertz CT molecular complexity index is 324. The summed E-state index contributed by atoms with van der Waals surface area (Å²) in [6.07, 6.45) is 0. The second kappa shape index (κ2) is 6.70. The first-order chi connectivity index (χ1) is 7.70. The number of rotatable bonds is 6. The van der Waals surface area contributed by atoms with Gasteiger partial charge in [-0.05, 0) is 18.6 Å². The lowest BCUT2D eigenvalue weighted by Crippen LogP contribution is -2.36. The van der Waals surface area contributed by atoms with Gasteiger partial charge in [0.05, 0.1) is 6.61 Å². The molecule has 0 amide bonds. The maximum Gasteiger partial charge on any atom is 0.0586 e. The van der Waals surface area contributed by atoms with E-state index in [2.05, 4.69) is 0 Å². The van der Waals surface area contributed by atoms with Gasteiger partial charge in [0.1, 0.15) is 0 Å². The van der Waals surface area contributed by atoms with E-state index in [1.807, 2.05) is 31.2 Å². The van der Waals surface area contributed by atoms with Crippen LogP contribution in [0.4, 0.5) is 0 Å². The highest BCUT2D eigenvalue weighted by atomic mass is 35.5. The monoisotopic (exact) mass is 280 g/mol. The minimum Gasteiger partial charge on any atom is -0.381 e. The van der Waals surface area contributed by atoms with E-state index in [9.17, 15) is 0 Å². The van der Waals surface area contributed by atoms with E-state index >= 15 is 0 Å². The lowest BCUT2D eigenvalue weighted by Gasteiger charge is -2.30. The molecule has 0 unspecified atom stereocenters. The number of alkyl halides is 2. The molecule has 90 valence electrons. The van der Waals surface area contributed by atoms with Crippen molar-refractivity contribution >= 4 is 34.8 Å². The Morgan fingerprint density at radius 3 is 2.31 bits per heavy atom. The summed E-state index contributed by atoms with van der Waals surface area (Å²) in [5.74, 6) is 0.778. The smallest absolute Gasteiger partial charge is 0.0586 e. The molecule has 0 fully saturated rings. The molecule has 4 heteroatoms.